The molecule has 2 aromatic rings. The van der Waals surface area contributed by atoms with Gasteiger partial charge < -0.3 is 4.74 Å². The summed E-state index contributed by atoms with van der Waals surface area (Å²) in [5.41, 5.74) is 1.72. The summed E-state index contributed by atoms with van der Waals surface area (Å²) in [6, 6.07) is 18.9. The van der Waals surface area contributed by atoms with Gasteiger partial charge in [0.15, 0.2) is 11.8 Å². The van der Waals surface area contributed by atoms with Gasteiger partial charge >= 0.3 is 0 Å². The van der Waals surface area contributed by atoms with Crippen LogP contribution in [0.15, 0.2) is 64.5 Å². The van der Waals surface area contributed by atoms with Crippen LogP contribution in [0.4, 0.5) is 5.69 Å². The lowest BCUT2D eigenvalue weighted by Gasteiger charge is -2.13. The first kappa shape index (κ1) is 18.7. The van der Waals surface area contributed by atoms with Gasteiger partial charge in [-0.2, -0.15) is 5.26 Å². The fraction of sp³-hybridized carbons (Fsp3) is 0.190. The standard InChI is InChI=1S/C21H19N3O2S/c1-2-13-24-20(25)19(27-21(24)23-17-6-4-3-5-7-17)15-16-8-10-18(11-9-16)26-14-12-22/h3-11,15H,2,13-14H2,1H3/b19-15+,23-21?. The van der Waals surface area contributed by atoms with Crippen molar-refractivity contribution in [2.24, 2.45) is 4.99 Å². The van der Waals surface area contributed by atoms with E-state index in [1.807, 2.05) is 61.5 Å². The van der Waals surface area contributed by atoms with Crippen LogP contribution < -0.4 is 4.74 Å². The van der Waals surface area contributed by atoms with E-state index in [4.69, 9.17) is 10.00 Å². The molecule has 0 radical (unpaired) electrons. The highest BCUT2D eigenvalue weighted by atomic mass is 32.2. The number of rotatable bonds is 6. The predicted molar refractivity (Wildman–Crippen MR) is 109 cm³/mol. The van der Waals surface area contributed by atoms with Gasteiger partial charge in [0.25, 0.3) is 5.91 Å². The van der Waals surface area contributed by atoms with Crippen molar-refractivity contribution < 1.29 is 9.53 Å². The lowest BCUT2D eigenvalue weighted by Crippen LogP contribution is -2.29. The summed E-state index contributed by atoms with van der Waals surface area (Å²) in [4.78, 5) is 19.8. The number of nitriles is 1. The van der Waals surface area contributed by atoms with Crippen LogP contribution in [0, 0.1) is 11.3 Å². The molecule has 1 aliphatic heterocycles. The minimum atomic E-state index is -0.0265. The Morgan fingerprint density at radius 1 is 1.19 bits per heavy atom. The van der Waals surface area contributed by atoms with Crippen LogP contribution in [0.1, 0.15) is 18.9 Å². The first-order chi connectivity index (χ1) is 13.2. The smallest absolute Gasteiger partial charge is 0.266 e. The first-order valence-electron chi connectivity index (χ1n) is 8.66. The molecular weight excluding hydrogens is 358 g/mol. The normalized spacial score (nSPS) is 16.7. The van der Waals surface area contributed by atoms with Crippen LogP contribution in [-0.2, 0) is 4.79 Å². The Morgan fingerprint density at radius 3 is 2.59 bits per heavy atom. The van der Waals surface area contributed by atoms with E-state index < -0.39 is 0 Å². The summed E-state index contributed by atoms with van der Waals surface area (Å²) < 4.78 is 5.25. The van der Waals surface area contributed by atoms with E-state index in [-0.39, 0.29) is 12.5 Å². The van der Waals surface area contributed by atoms with Gasteiger partial charge in [-0.25, -0.2) is 4.99 Å². The molecule has 3 rings (SSSR count). The molecule has 5 nitrogen and oxygen atoms in total. The molecule has 136 valence electrons. The van der Waals surface area contributed by atoms with Crippen LogP contribution in [-0.4, -0.2) is 29.1 Å². The number of carbonyl (C=O) groups excluding carboxylic acids is 1. The van der Waals surface area contributed by atoms with Gasteiger partial charge in [0, 0.05) is 6.54 Å². The van der Waals surface area contributed by atoms with Gasteiger partial charge in [0.05, 0.1) is 10.6 Å². The number of amides is 1. The molecule has 0 saturated carbocycles. The zero-order chi connectivity index (χ0) is 19.1. The maximum atomic E-state index is 12.8. The molecule has 2 aromatic carbocycles. The quantitative estimate of drug-likeness (QED) is 0.690. The van der Waals surface area contributed by atoms with Crippen molar-refractivity contribution >= 4 is 34.6 Å². The Bertz CT molecular complexity index is 899. The molecule has 1 heterocycles. The van der Waals surface area contributed by atoms with E-state index >= 15 is 0 Å². The molecule has 0 bridgehead atoms. The Morgan fingerprint density at radius 2 is 1.93 bits per heavy atom. The highest BCUT2D eigenvalue weighted by Gasteiger charge is 2.32. The molecular formula is C21H19N3O2S. The number of ether oxygens (including phenoxy) is 1. The molecule has 1 amide bonds. The molecule has 0 atom stereocenters. The zero-order valence-corrected chi connectivity index (χ0v) is 15.8. The van der Waals surface area contributed by atoms with Crippen molar-refractivity contribution in [2.75, 3.05) is 13.2 Å². The number of carbonyl (C=O) groups is 1. The lowest BCUT2D eigenvalue weighted by atomic mass is 10.2. The third-order valence-corrected chi connectivity index (χ3v) is 4.80. The van der Waals surface area contributed by atoms with E-state index in [0.29, 0.717) is 22.4 Å². The maximum Gasteiger partial charge on any atom is 0.266 e. The van der Waals surface area contributed by atoms with Crippen molar-refractivity contribution in [3.63, 3.8) is 0 Å². The van der Waals surface area contributed by atoms with Crippen molar-refractivity contribution in [3.8, 4) is 11.8 Å². The van der Waals surface area contributed by atoms with E-state index in [9.17, 15) is 4.79 Å². The zero-order valence-electron chi connectivity index (χ0n) is 15.0. The molecule has 0 spiro atoms. The van der Waals surface area contributed by atoms with Crippen LogP contribution in [0.2, 0.25) is 0 Å². The monoisotopic (exact) mass is 377 g/mol. The second kappa shape index (κ2) is 9.06. The molecule has 1 saturated heterocycles. The number of para-hydroxylation sites is 1. The van der Waals surface area contributed by atoms with E-state index in [1.165, 1.54) is 11.8 Å². The Balaban J connectivity index is 1.83. The fourth-order valence-corrected chi connectivity index (χ4v) is 3.58. The average Bonchev–Trinajstić information content (AvgIpc) is 2.97. The number of thioether (sulfide) groups is 1. The molecule has 1 aliphatic rings. The number of benzene rings is 2. The Kier molecular flexibility index (Phi) is 6.29. The molecule has 6 heteroatoms. The molecule has 0 unspecified atom stereocenters. The maximum absolute atomic E-state index is 12.8. The summed E-state index contributed by atoms with van der Waals surface area (Å²) in [6.45, 7) is 2.69. The summed E-state index contributed by atoms with van der Waals surface area (Å²) >= 11 is 1.39. The highest BCUT2D eigenvalue weighted by Crippen LogP contribution is 2.34. The third kappa shape index (κ3) is 4.78. The van der Waals surface area contributed by atoms with Crippen LogP contribution >= 0.6 is 11.8 Å². The van der Waals surface area contributed by atoms with Crippen LogP contribution in [0.3, 0.4) is 0 Å². The molecule has 0 N–H and O–H groups in total. The minimum Gasteiger partial charge on any atom is -0.479 e. The van der Waals surface area contributed by atoms with Gasteiger partial charge in [-0.05, 0) is 54.1 Å². The Hall–Kier alpha value is -3.04. The van der Waals surface area contributed by atoms with Gasteiger partial charge in [0.1, 0.15) is 11.8 Å². The largest absolute Gasteiger partial charge is 0.479 e. The molecule has 27 heavy (non-hydrogen) atoms. The number of nitrogens with zero attached hydrogens (tertiary/aromatic N) is 3. The fourth-order valence-electron chi connectivity index (χ4n) is 2.55. The van der Waals surface area contributed by atoms with E-state index in [0.717, 1.165) is 17.7 Å². The van der Waals surface area contributed by atoms with Crippen molar-refractivity contribution in [1.82, 2.24) is 4.90 Å². The summed E-state index contributed by atoms with van der Waals surface area (Å²) in [5, 5.41) is 9.26. The molecule has 0 aromatic heterocycles. The van der Waals surface area contributed by atoms with Gasteiger partial charge in [-0.3, -0.25) is 9.69 Å². The van der Waals surface area contributed by atoms with E-state index in [1.54, 1.807) is 17.0 Å². The van der Waals surface area contributed by atoms with E-state index in [2.05, 4.69) is 4.99 Å². The summed E-state index contributed by atoms with van der Waals surface area (Å²) in [5.74, 6) is 0.601. The lowest BCUT2D eigenvalue weighted by molar-refractivity contribution is -0.122. The topological polar surface area (TPSA) is 65.7 Å². The van der Waals surface area contributed by atoms with Crippen molar-refractivity contribution in [1.29, 1.82) is 5.26 Å². The van der Waals surface area contributed by atoms with Gasteiger partial charge in [0.2, 0.25) is 0 Å². The number of amidine groups is 1. The second-order valence-electron chi connectivity index (χ2n) is 5.81. The minimum absolute atomic E-state index is 0.0139. The van der Waals surface area contributed by atoms with Crippen molar-refractivity contribution in [2.45, 2.75) is 13.3 Å². The highest BCUT2D eigenvalue weighted by molar-refractivity contribution is 8.18. The Labute approximate surface area is 163 Å². The summed E-state index contributed by atoms with van der Waals surface area (Å²) in [7, 11) is 0. The van der Waals surface area contributed by atoms with Gasteiger partial charge in [-0.15, -0.1) is 0 Å². The number of hydrogen-bond acceptors (Lipinski definition) is 5. The molecule has 0 aliphatic carbocycles. The van der Waals surface area contributed by atoms with Crippen molar-refractivity contribution in [3.05, 3.63) is 65.1 Å². The van der Waals surface area contributed by atoms with Crippen LogP contribution in [0.5, 0.6) is 5.75 Å². The molecule has 1 fully saturated rings. The first-order valence-corrected chi connectivity index (χ1v) is 9.48. The third-order valence-electron chi connectivity index (χ3n) is 3.80. The summed E-state index contributed by atoms with van der Waals surface area (Å²) in [6.07, 6.45) is 2.72. The second-order valence-corrected chi connectivity index (χ2v) is 6.82. The average molecular weight is 377 g/mol. The van der Waals surface area contributed by atoms with Gasteiger partial charge in [-0.1, -0.05) is 37.3 Å². The van der Waals surface area contributed by atoms with Crippen LogP contribution in [0.25, 0.3) is 6.08 Å². The number of hydrogen-bond donors (Lipinski definition) is 0. The SMILES string of the molecule is CCCN1C(=O)/C(=C\c2ccc(OCC#N)cc2)SC1=Nc1ccccc1. The number of aliphatic imine (C=N–C) groups is 1. The predicted octanol–water partition coefficient (Wildman–Crippen LogP) is 4.60.